The summed E-state index contributed by atoms with van der Waals surface area (Å²) in [5, 5.41) is 14.5. The molecule has 1 fully saturated rings. The van der Waals surface area contributed by atoms with Crippen molar-refractivity contribution in [2.75, 3.05) is 23.3 Å². The highest BCUT2D eigenvalue weighted by Crippen LogP contribution is 2.30. The Morgan fingerprint density at radius 1 is 1.24 bits per heavy atom. The van der Waals surface area contributed by atoms with Gasteiger partial charge in [0.1, 0.15) is 0 Å². The van der Waals surface area contributed by atoms with Gasteiger partial charge in [-0.1, -0.05) is 17.7 Å². The predicted molar refractivity (Wildman–Crippen MR) is 98.7 cm³/mol. The molecule has 0 aromatic heterocycles. The fraction of sp³-hybridized carbons (Fsp3) is 0.278. The molecule has 0 radical (unpaired) electrons. The van der Waals surface area contributed by atoms with Crippen LogP contribution in [0.4, 0.5) is 17.1 Å². The van der Waals surface area contributed by atoms with E-state index in [9.17, 15) is 14.9 Å². The molecule has 2 aromatic rings. The lowest BCUT2D eigenvalue weighted by Gasteiger charge is -2.21. The van der Waals surface area contributed by atoms with Crippen LogP contribution in [0.25, 0.3) is 0 Å². The van der Waals surface area contributed by atoms with Crippen molar-refractivity contribution in [1.82, 2.24) is 0 Å². The number of nitro benzene ring substituents is 1. The molecule has 6 nitrogen and oxygen atoms in total. The molecule has 1 amide bonds. The fourth-order valence-electron chi connectivity index (χ4n) is 2.99. The molecule has 0 aliphatic carbocycles. The molecule has 3 rings (SSSR count). The topological polar surface area (TPSA) is 75.5 Å². The van der Waals surface area contributed by atoms with Crippen molar-refractivity contribution < 1.29 is 9.72 Å². The molecule has 0 bridgehead atoms. The van der Waals surface area contributed by atoms with Crippen molar-refractivity contribution in [3.63, 3.8) is 0 Å². The molecule has 0 unspecified atom stereocenters. The van der Waals surface area contributed by atoms with Gasteiger partial charge in [0.2, 0.25) is 0 Å². The number of benzene rings is 2. The van der Waals surface area contributed by atoms with Crippen LogP contribution in [-0.4, -0.2) is 23.9 Å². The van der Waals surface area contributed by atoms with E-state index >= 15 is 0 Å². The number of halogens is 1. The van der Waals surface area contributed by atoms with E-state index in [1.165, 1.54) is 12.1 Å². The van der Waals surface area contributed by atoms with Crippen LogP contribution in [0.5, 0.6) is 0 Å². The number of non-ortho nitro benzene ring substituents is 1. The molecule has 1 saturated heterocycles. The highest BCUT2D eigenvalue weighted by Gasteiger charge is 2.23. The molecule has 1 aliphatic rings. The van der Waals surface area contributed by atoms with E-state index in [2.05, 4.69) is 10.2 Å². The number of carbonyl (C=O) groups is 1. The lowest BCUT2D eigenvalue weighted by Crippen LogP contribution is -2.23. The fourth-order valence-corrected chi connectivity index (χ4v) is 3.16. The van der Waals surface area contributed by atoms with E-state index in [-0.39, 0.29) is 11.6 Å². The lowest BCUT2D eigenvalue weighted by atomic mass is 10.1. The Balaban J connectivity index is 1.98. The van der Waals surface area contributed by atoms with Gasteiger partial charge in [0.25, 0.3) is 11.6 Å². The van der Waals surface area contributed by atoms with Crippen LogP contribution in [-0.2, 0) is 0 Å². The standard InChI is InChI=1S/C18H18ClN3O3/c1-12-15(19)5-4-6-16(12)20-18(23)14-11-13(22(24)25)7-8-17(14)21-9-2-3-10-21/h4-8,11H,2-3,9-10H2,1H3,(H,20,23). The third kappa shape index (κ3) is 3.58. The highest BCUT2D eigenvalue weighted by molar-refractivity contribution is 6.31. The summed E-state index contributed by atoms with van der Waals surface area (Å²) < 4.78 is 0. The van der Waals surface area contributed by atoms with E-state index < -0.39 is 4.92 Å². The minimum absolute atomic E-state index is 0.101. The second-order valence-corrected chi connectivity index (χ2v) is 6.43. The van der Waals surface area contributed by atoms with Gasteiger partial charge < -0.3 is 10.2 Å². The summed E-state index contributed by atoms with van der Waals surface area (Å²) in [4.78, 5) is 25.5. The SMILES string of the molecule is Cc1c(Cl)cccc1NC(=O)c1cc([N+](=O)[O-])ccc1N1CCCC1. The molecule has 1 aliphatic heterocycles. The monoisotopic (exact) mass is 359 g/mol. The average Bonchev–Trinajstić information content (AvgIpc) is 3.12. The molecule has 1 heterocycles. The summed E-state index contributed by atoms with van der Waals surface area (Å²) in [7, 11) is 0. The van der Waals surface area contributed by atoms with E-state index in [4.69, 9.17) is 11.6 Å². The number of rotatable bonds is 4. The van der Waals surface area contributed by atoms with Gasteiger partial charge in [-0.3, -0.25) is 14.9 Å². The predicted octanol–water partition coefficient (Wildman–Crippen LogP) is 4.41. The van der Waals surface area contributed by atoms with Gasteiger partial charge in [-0.05, 0) is 43.5 Å². The Morgan fingerprint density at radius 3 is 2.64 bits per heavy atom. The quantitative estimate of drug-likeness (QED) is 0.648. The maximum atomic E-state index is 12.8. The first-order valence-electron chi connectivity index (χ1n) is 8.07. The van der Waals surface area contributed by atoms with E-state index in [0.717, 1.165) is 37.2 Å². The average molecular weight is 360 g/mol. The normalized spacial score (nSPS) is 13.8. The van der Waals surface area contributed by atoms with Crippen molar-refractivity contribution in [3.8, 4) is 0 Å². The van der Waals surface area contributed by atoms with Gasteiger partial charge >= 0.3 is 0 Å². The molecule has 0 atom stereocenters. The summed E-state index contributed by atoms with van der Waals surface area (Å²) in [5.41, 5.74) is 2.27. The largest absolute Gasteiger partial charge is 0.371 e. The Kier molecular flexibility index (Phi) is 4.90. The maximum absolute atomic E-state index is 12.8. The first kappa shape index (κ1) is 17.2. The molecule has 2 aromatic carbocycles. The summed E-state index contributed by atoms with van der Waals surface area (Å²) in [5.74, 6) is -0.379. The molecular formula is C18H18ClN3O3. The van der Waals surface area contributed by atoms with E-state index in [0.29, 0.717) is 16.3 Å². The summed E-state index contributed by atoms with van der Waals surface area (Å²) in [6.07, 6.45) is 2.09. The number of nitro groups is 1. The number of hydrogen-bond donors (Lipinski definition) is 1. The molecule has 7 heteroatoms. The number of nitrogens with one attached hydrogen (secondary N) is 1. The molecule has 25 heavy (non-hydrogen) atoms. The molecule has 1 N–H and O–H groups in total. The van der Waals surface area contributed by atoms with Gasteiger partial charge in [0.05, 0.1) is 16.2 Å². The van der Waals surface area contributed by atoms with Gasteiger partial charge in [0.15, 0.2) is 0 Å². The summed E-state index contributed by atoms with van der Waals surface area (Å²) >= 11 is 6.10. The van der Waals surface area contributed by atoms with Crippen molar-refractivity contribution in [1.29, 1.82) is 0 Å². The first-order valence-corrected chi connectivity index (χ1v) is 8.45. The molecule has 0 saturated carbocycles. The van der Waals surface area contributed by atoms with Crippen LogP contribution in [0.2, 0.25) is 5.02 Å². The highest BCUT2D eigenvalue weighted by atomic mass is 35.5. The van der Waals surface area contributed by atoms with E-state index in [1.54, 1.807) is 24.3 Å². The number of amides is 1. The van der Waals surface area contributed by atoms with Crippen molar-refractivity contribution in [3.05, 3.63) is 62.7 Å². The number of nitrogens with zero attached hydrogens (tertiary/aromatic N) is 2. The Morgan fingerprint density at radius 2 is 1.96 bits per heavy atom. The lowest BCUT2D eigenvalue weighted by molar-refractivity contribution is -0.384. The Bertz CT molecular complexity index is 832. The van der Waals surface area contributed by atoms with Crippen LogP contribution in [0, 0.1) is 17.0 Å². The number of hydrogen-bond acceptors (Lipinski definition) is 4. The van der Waals surface area contributed by atoms with Crippen molar-refractivity contribution in [2.24, 2.45) is 0 Å². The van der Waals surface area contributed by atoms with Crippen LogP contribution in [0.15, 0.2) is 36.4 Å². The van der Waals surface area contributed by atoms with Crippen molar-refractivity contribution in [2.45, 2.75) is 19.8 Å². The van der Waals surface area contributed by atoms with Crippen LogP contribution in [0.1, 0.15) is 28.8 Å². The third-order valence-electron chi connectivity index (χ3n) is 4.40. The smallest absolute Gasteiger partial charge is 0.270 e. The zero-order chi connectivity index (χ0) is 18.0. The second-order valence-electron chi connectivity index (χ2n) is 6.02. The molecular weight excluding hydrogens is 342 g/mol. The maximum Gasteiger partial charge on any atom is 0.270 e. The van der Waals surface area contributed by atoms with Crippen LogP contribution < -0.4 is 10.2 Å². The van der Waals surface area contributed by atoms with Gasteiger partial charge in [-0.2, -0.15) is 0 Å². The molecule has 130 valence electrons. The number of anilines is 2. The minimum Gasteiger partial charge on any atom is -0.371 e. The third-order valence-corrected chi connectivity index (χ3v) is 4.81. The summed E-state index contributed by atoms with van der Waals surface area (Å²) in [6, 6.07) is 9.68. The summed E-state index contributed by atoms with van der Waals surface area (Å²) in [6.45, 7) is 3.50. The van der Waals surface area contributed by atoms with E-state index in [1.807, 2.05) is 6.92 Å². The van der Waals surface area contributed by atoms with Gasteiger partial charge in [0, 0.05) is 35.9 Å². The second kappa shape index (κ2) is 7.11. The zero-order valence-electron chi connectivity index (χ0n) is 13.8. The van der Waals surface area contributed by atoms with Gasteiger partial charge in [-0.15, -0.1) is 0 Å². The molecule has 0 spiro atoms. The van der Waals surface area contributed by atoms with Crippen molar-refractivity contribution >= 4 is 34.6 Å². The van der Waals surface area contributed by atoms with Crippen LogP contribution >= 0.6 is 11.6 Å². The Hall–Kier alpha value is -2.60. The first-order chi connectivity index (χ1) is 12.0. The minimum atomic E-state index is -0.491. The van der Waals surface area contributed by atoms with Gasteiger partial charge in [-0.25, -0.2) is 0 Å². The Labute approximate surface area is 150 Å². The number of carbonyl (C=O) groups excluding carboxylic acids is 1. The zero-order valence-corrected chi connectivity index (χ0v) is 14.5. The van der Waals surface area contributed by atoms with Crippen LogP contribution in [0.3, 0.4) is 0 Å².